The van der Waals surface area contributed by atoms with Crippen LogP contribution in [0.3, 0.4) is 0 Å². The molecule has 1 aliphatic heterocycles. The van der Waals surface area contributed by atoms with Gasteiger partial charge in [0.15, 0.2) is 5.82 Å². The molecule has 1 saturated heterocycles. The summed E-state index contributed by atoms with van der Waals surface area (Å²) in [6.07, 6.45) is 8.92. The van der Waals surface area contributed by atoms with Crippen molar-refractivity contribution >= 4 is 33.2 Å². The minimum Gasteiger partial charge on any atom is -0.378 e. The van der Waals surface area contributed by atoms with Crippen molar-refractivity contribution in [1.29, 1.82) is 0 Å². The van der Waals surface area contributed by atoms with Crippen molar-refractivity contribution < 1.29 is 4.74 Å². The van der Waals surface area contributed by atoms with Crippen molar-refractivity contribution in [2.75, 3.05) is 36.5 Å². The Hall–Kier alpha value is -3.10. The predicted molar refractivity (Wildman–Crippen MR) is 127 cm³/mol. The average molecular weight is 445 g/mol. The zero-order chi connectivity index (χ0) is 21.3. The summed E-state index contributed by atoms with van der Waals surface area (Å²) in [4.78, 5) is 23.6. The lowest BCUT2D eigenvalue weighted by Crippen LogP contribution is -2.37. The number of rotatable bonds is 5. The van der Waals surface area contributed by atoms with Gasteiger partial charge in [0.1, 0.15) is 16.5 Å². The smallest absolute Gasteiger partial charge is 0.164 e. The summed E-state index contributed by atoms with van der Waals surface area (Å²) >= 11 is 1.81. The van der Waals surface area contributed by atoms with Gasteiger partial charge in [-0.1, -0.05) is 6.07 Å². The summed E-state index contributed by atoms with van der Waals surface area (Å²) in [6, 6.07) is 8.08. The lowest BCUT2D eigenvalue weighted by atomic mass is 10.1. The molecule has 0 radical (unpaired) electrons. The molecule has 7 nitrogen and oxygen atoms in total. The first-order valence-corrected chi connectivity index (χ1v) is 11.9. The molecule has 0 bridgehead atoms. The first-order valence-electron chi connectivity index (χ1n) is 11.1. The fourth-order valence-corrected chi connectivity index (χ4v) is 5.82. The highest BCUT2D eigenvalue weighted by Gasteiger charge is 2.23. The Labute approximate surface area is 190 Å². The average Bonchev–Trinajstić information content (AvgIpc) is 3.45. The Morgan fingerprint density at radius 3 is 2.84 bits per heavy atom. The van der Waals surface area contributed by atoms with E-state index in [0.717, 1.165) is 66.7 Å². The molecule has 1 fully saturated rings. The Morgan fingerprint density at radius 1 is 1.06 bits per heavy atom. The predicted octanol–water partition coefficient (Wildman–Crippen LogP) is 4.09. The Balaban J connectivity index is 1.38. The van der Waals surface area contributed by atoms with Gasteiger partial charge < -0.3 is 15.0 Å². The van der Waals surface area contributed by atoms with E-state index < -0.39 is 0 Å². The van der Waals surface area contributed by atoms with Crippen LogP contribution in [0.5, 0.6) is 0 Å². The molecule has 4 aromatic rings. The number of hydrogen-bond acceptors (Lipinski definition) is 8. The van der Waals surface area contributed by atoms with E-state index in [2.05, 4.69) is 26.3 Å². The number of fused-ring (bicyclic) bond motifs is 3. The van der Waals surface area contributed by atoms with Crippen molar-refractivity contribution in [3.63, 3.8) is 0 Å². The highest BCUT2D eigenvalue weighted by Crippen LogP contribution is 2.40. The van der Waals surface area contributed by atoms with Crippen LogP contribution in [-0.2, 0) is 24.1 Å². The fourth-order valence-electron chi connectivity index (χ4n) is 4.55. The van der Waals surface area contributed by atoms with Gasteiger partial charge in [0.2, 0.25) is 0 Å². The fraction of sp³-hybridized carbons (Fsp3) is 0.333. The van der Waals surface area contributed by atoms with Crippen molar-refractivity contribution in [1.82, 2.24) is 19.9 Å². The van der Waals surface area contributed by atoms with E-state index in [1.54, 1.807) is 6.20 Å². The lowest BCUT2D eigenvalue weighted by Gasteiger charge is -2.29. The molecule has 0 aromatic carbocycles. The second kappa shape index (κ2) is 8.44. The topological polar surface area (TPSA) is 76.1 Å². The summed E-state index contributed by atoms with van der Waals surface area (Å²) in [5.41, 5.74) is 3.52. The normalized spacial score (nSPS) is 15.8. The molecule has 6 rings (SSSR count). The molecule has 2 aliphatic rings. The van der Waals surface area contributed by atoms with E-state index in [1.165, 1.54) is 22.2 Å². The molecule has 162 valence electrons. The highest BCUT2D eigenvalue weighted by molar-refractivity contribution is 7.19. The van der Waals surface area contributed by atoms with E-state index in [-0.39, 0.29) is 0 Å². The molecule has 0 atom stereocenters. The van der Waals surface area contributed by atoms with Gasteiger partial charge in [-0.15, -0.1) is 11.3 Å². The van der Waals surface area contributed by atoms with E-state index in [0.29, 0.717) is 12.4 Å². The van der Waals surface area contributed by atoms with Crippen molar-refractivity contribution in [3.8, 4) is 11.4 Å². The number of aromatic nitrogens is 4. The summed E-state index contributed by atoms with van der Waals surface area (Å²) in [6.45, 7) is 3.87. The molecule has 4 aromatic heterocycles. The molecule has 0 amide bonds. The van der Waals surface area contributed by atoms with Crippen LogP contribution in [0.4, 0.5) is 11.6 Å². The molecule has 1 N–H and O–H groups in total. The standard InChI is InChI=1S/C24H24N6OS/c1-6-18-19(7-1)32-24-20(18)22(28-21(29-24)16-4-2-8-25-14-16)27-15-17-5-3-9-26-23(17)30-10-12-31-13-11-30/h2-5,8-9,14H,1,6-7,10-13,15H2,(H,27,28,29). The second-order valence-electron chi connectivity index (χ2n) is 8.11. The van der Waals surface area contributed by atoms with Crippen LogP contribution in [0.25, 0.3) is 21.6 Å². The number of morpholine rings is 1. The van der Waals surface area contributed by atoms with Crippen LogP contribution in [0.15, 0.2) is 42.9 Å². The van der Waals surface area contributed by atoms with E-state index in [4.69, 9.17) is 14.7 Å². The first-order chi connectivity index (χ1) is 15.9. The third-order valence-corrected chi connectivity index (χ3v) is 7.29. The number of nitrogens with zero attached hydrogens (tertiary/aromatic N) is 5. The number of aryl methyl sites for hydroxylation is 2. The van der Waals surface area contributed by atoms with Gasteiger partial charge >= 0.3 is 0 Å². The minimum absolute atomic E-state index is 0.656. The van der Waals surface area contributed by atoms with Gasteiger partial charge in [0.05, 0.1) is 18.6 Å². The van der Waals surface area contributed by atoms with E-state index in [1.807, 2.05) is 41.9 Å². The van der Waals surface area contributed by atoms with Gasteiger partial charge in [-0.2, -0.15) is 0 Å². The SMILES string of the molecule is c1cncc(-c2nc(NCc3cccnc3N3CCOCC3)c3c4c(sc3n2)CCC4)c1. The monoisotopic (exact) mass is 444 g/mol. The molecule has 0 spiro atoms. The molecule has 1 aliphatic carbocycles. The van der Waals surface area contributed by atoms with Crippen LogP contribution < -0.4 is 10.2 Å². The Bertz CT molecular complexity index is 1250. The van der Waals surface area contributed by atoms with Gasteiger partial charge in [-0.3, -0.25) is 4.98 Å². The molecule has 32 heavy (non-hydrogen) atoms. The van der Waals surface area contributed by atoms with E-state index >= 15 is 0 Å². The number of nitrogens with one attached hydrogen (secondary N) is 1. The zero-order valence-corrected chi connectivity index (χ0v) is 18.6. The minimum atomic E-state index is 0.656. The Morgan fingerprint density at radius 2 is 1.97 bits per heavy atom. The summed E-state index contributed by atoms with van der Waals surface area (Å²) in [5, 5.41) is 4.83. The number of anilines is 2. The van der Waals surface area contributed by atoms with E-state index in [9.17, 15) is 0 Å². The van der Waals surface area contributed by atoms with Gasteiger partial charge in [0, 0.05) is 54.2 Å². The van der Waals surface area contributed by atoms with Crippen molar-refractivity contribution in [2.45, 2.75) is 25.8 Å². The van der Waals surface area contributed by atoms with Crippen LogP contribution in [0.1, 0.15) is 22.4 Å². The van der Waals surface area contributed by atoms with Gasteiger partial charge in [-0.05, 0) is 43.0 Å². The maximum absolute atomic E-state index is 5.52. The third-order valence-electron chi connectivity index (χ3n) is 6.11. The molecule has 8 heteroatoms. The lowest BCUT2D eigenvalue weighted by molar-refractivity contribution is 0.122. The Kier molecular flexibility index (Phi) is 5.16. The summed E-state index contributed by atoms with van der Waals surface area (Å²) in [5.74, 6) is 2.65. The van der Waals surface area contributed by atoms with Crippen LogP contribution >= 0.6 is 11.3 Å². The zero-order valence-electron chi connectivity index (χ0n) is 17.8. The number of thiophene rings is 1. The van der Waals surface area contributed by atoms with Crippen molar-refractivity contribution in [2.24, 2.45) is 0 Å². The second-order valence-corrected chi connectivity index (χ2v) is 9.20. The van der Waals surface area contributed by atoms with Crippen molar-refractivity contribution in [3.05, 3.63) is 58.9 Å². The molecule has 0 saturated carbocycles. The van der Waals surface area contributed by atoms with Gasteiger partial charge in [-0.25, -0.2) is 15.0 Å². The molecular formula is C24H24N6OS. The van der Waals surface area contributed by atoms with Crippen LogP contribution in [-0.4, -0.2) is 46.2 Å². The molecular weight excluding hydrogens is 420 g/mol. The number of hydrogen-bond donors (Lipinski definition) is 1. The maximum Gasteiger partial charge on any atom is 0.164 e. The summed E-state index contributed by atoms with van der Waals surface area (Å²) in [7, 11) is 0. The number of pyridine rings is 2. The summed E-state index contributed by atoms with van der Waals surface area (Å²) < 4.78 is 5.52. The van der Waals surface area contributed by atoms with Crippen LogP contribution in [0.2, 0.25) is 0 Å². The molecule has 0 unspecified atom stereocenters. The van der Waals surface area contributed by atoms with Crippen LogP contribution in [0, 0.1) is 0 Å². The largest absolute Gasteiger partial charge is 0.378 e. The first kappa shape index (κ1) is 19.6. The van der Waals surface area contributed by atoms with Gasteiger partial charge in [0.25, 0.3) is 0 Å². The third kappa shape index (κ3) is 3.59. The highest BCUT2D eigenvalue weighted by atomic mass is 32.1. The quantitative estimate of drug-likeness (QED) is 0.497. The molecule has 5 heterocycles. The maximum atomic E-state index is 5.52. The number of ether oxygens (including phenoxy) is 1.